The van der Waals surface area contributed by atoms with Crippen LogP contribution in [0.15, 0.2) is 47.4 Å². The molecule has 1 atom stereocenters. The van der Waals surface area contributed by atoms with Gasteiger partial charge in [-0.05, 0) is 37.0 Å². The van der Waals surface area contributed by atoms with Gasteiger partial charge in [-0.15, -0.1) is 0 Å². The summed E-state index contributed by atoms with van der Waals surface area (Å²) in [5, 5.41) is 10.8. The number of H-pyrrole nitrogens is 2. The second-order valence-corrected chi connectivity index (χ2v) is 6.96. The molecule has 1 aliphatic rings. The van der Waals surface area contributed by atoms with Crippen molar-refractivity contribution in [3.05, 3.63) is 58.5 Å². The van der Waals surface area contributed by atoms with Crippen LogP contribution in [0.1, 0.15) is 24.8 Å². The molecule has 3 heterocycles. The number of amides is 1. The average molecular weight is 365 g/mol. The first-order valence-corrected chi connectivity index (χ1v) is 9.35. The highest BCUT2D eigenvalue weighted by Crippen LogP contribution is 2.22. The van der Waals surface area contributed by atoms with Crippen molar-refractivity contribution in [2.24, 2.45) is 0 Å². The van der Waals surface area contributed by atoms with E-state index in [0.717, 1.165) is 48.1 Å². The molecule has 0 radical (unpaired) electrons. The maximum absolute atomic E-state index is 12.5. The molecule has 3 aromatic rings. The van der Waals surface area contributed by atoms with E-state index in [0.29, 0.717) is 13.0 Å². The van der Waals surface area contributed by atoms with E-state index in [9.17, 15) is 9.59 Å². The van der Waals surface area contributed by atoms with Crippen LogP contribution in [0.2, 0.25) is 0 Å². The summed E-state index contributed by atoms with van der Waals surface area (Å²) in [5.74, 6) is 0.768. The minimum absolute atomic E-state index is 0.0136. The third-order valence-electron chi connectivity index (χ3n) is 5.15. The fourth-order valence-corrected chi connectivity index (χ4v) is 3.76. The molecule has 7 nitrogen and oxygen atoms in total. The molecular weight excluding hydrogens is 342 g/mol. The molecule has 7 heteroatoms. The Kier molecular flexibility index (Phi) is 4.91. The number of piperidine rings is 1. The molecule has 4 rings (SSSR count). The lowest BCUT2D eigenvalue weighted by Gasteiger charge is -2.36. The van der Waals surface area contributed by atoms with E-state index in [2.05, 4.69) is 25.4 Å². The largest absolute Gasteiger partial charge is 0.361 e. The quantitative estimate of drug-likeness (QED) is 0.644. The number of benzene rings is 1. The number of aromatic nitrogens is 3. The smallest absolute Gasteiger partial charge is 0.264 e. The van der Waals surface area contributed by atoms with Gasteiger partial charge < -0.3 is 15.2 Å². The maximum atomic E-state index is 12.5. The third-order valence-corrected chi connectivity index (χ3v) is 5.15. The van der Waals surface area contributed by atoms with Crippen molar-refractivity contribution < 1.29 is 4.79 Å². The Morgan fingerprint density at radius 3 is 2.96 bits per heavy atom. The van der Waals surface area contributed by atoms with E-state index < -0.39 is 0 Å². The number of hydrogen-bond acceptors (Lipinski definition) is 4. The van der Waals surface area contributed by atoms with E-state index in [1.165, 1.54) is 6.07 Å². The zero-order chi connectivity index (χ0) is 18.6. The predicted molar refractivity (Wildman–Crippen MR) is 105 cm³/mol. The summed E-state index contributed by atoms with van der Waals surface area (Å²) in [6.45, 7) is 1.45. The molecule has 1 aromatic carbocycles. The Hall–Kier alpha value is -3.09. The molecular formula is C20H23N5O2. The number of carbonyl (C=O) groups excluding carboxylic acids is 1. The Morgan fingerprint density at radius 2 is 2.11 bits per heavy atom. The summed E-state index contributed by atoms with van der Waals surface area (Å²) >= 11 is 0. The van der Waals surface area contributed by atoms with Gasteiger partial charge in [0.15, 0.2) is 0 Å². The van der Waals surface area contributed by atoms with Gasteiger partial charge in [-0.2, -0.15) is 5.10 Å². The second-order valence-electron chi connectivity index (χ2n) is 6.96. The predicted octanol–water partition coefficient (Wildman–Crippen LogP) is 1.97. The van der Waals surface area contributed by atoms with Crippen LogP contribution in [-0.4, -0.2) is 40.2 Å². The first kappa shape index (κ1) is 17.3. The standard InChI is InChI=1S/C20H23N5O2/c26-19-9-8-18(23-24-19)25-10-4-3-5-15(25)13-22-20(27)11-14-12-21-17-7-2-1-6-16(14)17/h1-2,6-9,12,15,21H,3-5,10-11,13H2,(H,22,27)(H,24,26). The second kappa shape index (κ2) is 7.65. The van der Waals surface area contributed by atoms with Crippen molar-refractivity contribution in [1.82, 2.24) is 20.5 Å². The zero-order valence-electron chi connectivity index (χ0n) is 15.1. The topological polar surface area (TPSA) is 93.9 Å². The highest BCUT2D eigenvalue weighted by atomic mass is 16.1. The minimum Gasteiger partial charge on any atom is -0.361 e. The van der Waals surface area contributed by atoms with Crippen LogP contribution >= 0.6 is 0 Å². The fraction of sp³-hybridized carbons (Fsp3) is 0.350. The first-order valence-electron chi connectivity index (χ1n) is 9.35. The molecule has 1 fully saturated rings. The summed E-state index contributed by atoms with van der Waals surface area (Å²) in [7, 11) is 0. The average Bonchev–Trinajstić information content (AvgIpc) is 3.10. The fourth-order valence-electron chi connectivity index (χ4n) is 3.76. The molecule has 2 aromatic heterocycles. The molecule has 0 aliphatic carbocycles. The molecule has 0 bridgehead atoms. The third kappa shape index (κ3) is 3.86. The minimum atomic E-state index is -0.209. The molecule has 0 saturated carbocycles. The number of carbonyl (C=O) groups is 1. The van der Waals surface area contributed by atoms with Crippen LogP contribution < -0.4 is 15.8 Å². The molecule has 140 valence electrons. The lowest BCUT2D eigenvalue weighted by atomic mass is 10.0. The first-order chi connectivity index (χ1) is 13.2. The molecule has 3 N–H and O–H groups in total. The summed E-state index contributed by atoms with van der Waals surface area (Å²) in [6.07, 6.45) is 5.46. The van der Waals surface area contributed by atoms with Crippen molar-refractivity contribution in [2.75, 3.05) is 18.0 Å². The normalized spacial score (nSPS) is 17.2. The Balaban J connectivity index is 1.39. The number of rotatable bonds is 5. The molecule has 1 aliphatic heterocycles. The summed E-state index contributed by atoms with van der Waals surface area (Å²) < 4.78 is 0. The molecule has 27 heavy (non-hydrogen) atoms. The van der Waals surface area contributed by atoms with Gasteiger partial charge in [0.2, 0.25) is 5.91 Å². The van der Waals surface area contributed by atoms with Gasteiger partial charge >= 0.3 is 0 Å². The zero-order valence-corrected chi connectivity index (χ0v) is 15.1. The number of nitrogens with one attached hydrogen (secondary N) is 3. The van der Waals surface area contributed by atoms with Gasteiger partial charge in [-0.1, -0.05) is 18.2 Å². The molecule has 1 amide bonds. The van der Waals surface area contributed by atoms with Gasteiger partial charge in [-0.3, -0.25) is 9.59 Å². The Labute approximate surface area is 156 Å². The number of para-hydroxylation sites is 1. The van der Waals surface area contributed by atoms with Gasteiger partial charge in [0.25, 0.3) is 5.56 Å². The van der Waals surface area contributed by atoms with E-state index in [1.807, 2.05) is 30.5 Å². The van der Waals surface area contributed by atoms with Crippen LogP contribution in [0.4, 0.5) is 5.82 Å². The van der Waals surface area contributed by atoms with E-state index in [4.69, 9.17) is 0 Å². The van der Waals surface area contributed by atoms with Crippen LogP contribution in [0.25, 0.3) is 10.9 Å². The van der Waals surface area contributed by atoms with Gasteiger partial charge in [0.1, 0.15) is 5.82 Å². The Morgan fingerprint density at radius 1 is 1.22 bits per heavy atom. The van der Waals surface area contributed by atoms with E-state index >= 15 is 0 Å². The number of nitrogens with zero attached hydrogens (tertiary/aromatic N) is 2. The van der Waals surface area contributed by atoms with Crippen molar-refractivity contribution in [3.8, 4) is 0 Å². The van der Waals surface area contributed by atoms with Crippen molar-refractivity contribution in [1.29, 1.82) is 0 Å². The van der Waals surface area contributed by atoms with Gasteiger partial charge in [0.05, 0.1) is 6.42 Å². The SMILES string of the molecule is O=C(Cc1c[nH]c2ccccc12)NCC1CCCCN1c1ccc(=O)[nH]n1. The summed E-state index contributed by atoms with van der Waals surface area (Å²) in [4.78, 5) is 29.1. The van der Waals surface area contributed by atoms with Crippen molar-refractivity contribution in [3.63, 3.8) is 0 Å². The number of hydrogen-bond donors (Lipinski definition) is 3. The molecule has 1 unspecified atom stereocenters. The number of aromatic amines is 2. The van der Waals surface area contributed by atoms with Crippen molar-refractivity contribution >= 4 is 22.6 Å². The number of fused-ring (bicyclic) bond motifs is 1. The van der Waals surface area contributed by atoms with Crippen LogP contribution in [-0.2, 0) is 11.2 Å². The van der Waals surface area contributed by atoms with E-state index in [1.54, 1.807) is 6.07 Å². The van der Waals surface area contributed by atoms with Crippen molar-refractivity contribution in [2.45, 2.75) is 31.7 Å². The van der Waals surface area contributed by atoms with Crippen LogP contribution in [0, 0.1) is 0 Å². The maximum Gasteiger partial charge on any atom is 0.264 e. The van der Waals surface area contributed by atoms with Gasteiger partial charge in [-0.25, -0.2) is 5.10 Å². The number of anilines is 1. The lowest BCUT2D eigenvalue weighted by molar-refractivity contribution is -0.120. The Bertz CT molecular complexity index is 973. The lowest BCUT2D eigenvalue weighted by Crippen LogP contribution is -2.47. The molecule has 0 spiro atoms. The van der Waals surface area contributed by atoms with Crippen LogP contribution in [0.5, 0.6) is 0 Å². The van der Waals surface area contributed by atoms with Crippen LogP contribution in [0.3, 0.4) is 0 Å². The van der Waals surface area contributed by atoms with E-state index in [-0.39, 0.29) is 17.5 Å². The molecule has 1 saturated heterocycles. The van der Waals surface area contributed by atoms with Gasteiger partial charge in [0, 0.05) is 42.3 Å². The highest BCUT2D eigenvalue weighted by molar-refractivity contribution is 5.88. The summed E-state index contributed by atoms with van der Waals surface area (Å²) in [6, 6.07) is 11.4. The monoisotopic (exact) mass is 365 g/mol. The summed E-state index contributed by atoms with van der Waals surface area (Å²) in [5.41, 5.74) is 1.84. The highest BCUT2D eigenvalue weighted by Gasteiger charge is 2.24.